The third-order valence-electron chi connectivity index (χ3n) is 5.77. The molecule has 0 bridgehead atoms. The van der Waals surface area contributed by atoms with E-state index >= 15 is 0 Å². The van der Waals surface area contributed by atoms with E-state index in [4.69, 9.17) is 11.6 Å². The molecule has 4 nitrogen and oxygen atoms in total. The molecule has 2 aliphatic heterocycles. The topological polar surface area (TPSA) is 40.6 Å². The largest absolute Gasteiger partial charge is 0.315 e. The molecule has 2 heterocycles. The molecule has 0 radical (unpaired) electrons. The molecule has 28 heavy (non-hydrogen) atoms. The summed E-state index contributed by atoms with van der Waals surface area (Å²) < 4.78 is 0. The fourth-order valence-electron chi connectivity index (χ4n) is 4.31. The van der Waals surface area contributed by atoms with Gasteiger partial charge in [-0.15, -0.1) is 11.8 Å². The number of halogens is 1. The highest BCUT2D eigenvalue weighted by Crippen LogP contribution is 2.56. The molecule has 0 aromatic heterocycles. The molecular formula is C22H21ClN2O2S. The van der Waals surface area contributed by atoms with Crippen LogP contribution in [0.3, 0.4) is 0 Å². The Balaban J connectivity index is 1.60. The Morgan fingerprint density at radius 2 is 2.07 bits per heavy atom. The second-order valence-electron chi connectivity index (χ2n) is 7.80. The number of carbonyl (C=O) groups excluding carboxylic acids is 2. The highest BCUT2D eigenvalue weighted by molar-refractivity contribution is 8.01. The van der Waals surface area contributed by atoms with Crippen LogP contribution in [-0.2, 0) is 21.0 Å². The zero-order valence-corrected chi connectivity index (χ0v) is 17.2. The van der Waals surface area contributed by atoms with E-state index in [2.05, 4.69) is 6.07 Å². The van der Waals surface area contributed by atoms with E-state index in [9.17, 15) is 9.59 Å². The van der Waals surface area contributed by atoms with Gasteiger partial charge in [0, 0.05) is 28.8 Å². The molecular weight excluding hydrogens is 392 g/mol. The zero-order valence-electron chi connectivity index (χ0n) is 15.7. The van der Waals surface area contributed by atoms with Crippen molar-refractivity contribution in [1.82, 2.24) is 4.90 Å². The maximum Gasteiger partial charge on any atom is 0.268 e. The third kappa shape index (κ3) is 2.67. The fraction of sp³-hybridized carbons (Fsp3) is 0.364. The SMILES string of the molecule is Cc1cccc(CN2C(=O)[C@]3(SCCN3C(=O)C3CC3)c3cc(Cl)ccc32)c1. The average molecular weight is 413 g/mol. The van der Waals surface area contributed by atoms with Gasteiger partial charge >= 0.3 is 0 Å². The van der Waals surface area contributed by atoms with Crippen LogP contribution in [0.5, 0.6) is 0 Å². The Bertz CT molecular complexity index is 990. The summed E-state index contributed by atoms with van der Waals surface area (Å²) in [6.45, 7) is 3.15. The Labute approximate surface area is 173 Å². The first kappa shape index (κ1) is 18.1. The van der Waals surface area contributed by atoms with Gasteiger partial charge in [-0.05, 0) is 43.5 Å². The first-order valence-electron chi connectivity index (χ1n) is 9.64. The number of anilines is 1. The molecule has 1 saturated carbocycles. The first-order chi connectivity index (χ1) is 13.5. The van der Waals surface area contributed by atoms with Gasteiger partial charge in [0.05, 0.1) is 12.2 Å². The average Bonchev–Trinajstić information content (AvgIpc) is 3.39. The minimum atomic E-state index is -0.969. The minimum Gasteiger partial charge on any atom is -0.315 e. The lowest BCUT2D eigenvalue weighted by Gasteiger charge is -2.33. The van der Waals surface area contributed by atoms with E-state index in [0.29, 0.717) is 18.1 Å². The molecule has 1 spiro atoms. The van der Waals surface area contributed by atoms with Crippen LogP contribution in [0.4, 0.5) is 5.69 Å². The summed E-state index contributed by atoms with van der Waals surface area (Å²) >= 11 is 7.89. The summed E-state index contributed by atoms with van der Waals surface area (Å²) in [5.74, 6) is 0.926. The Morgan fingerprint density at radius 3 is 2.82 bits per heavy atom. The number of aryl methyl sites for hydroxylation is 1. The normalized spacial score (nSPS) is 23.6. The van der Waals surface area contributed by atoms with E-state index in [1.807, 2.05) is 53.1 Å². The van der Waals surface area contributed by atoms with Crippen LogP contribution < -0.4 is 4.90 Å². The third-order valence-corrected chi connectivity index (χ3v) is 7.43. The highest BCUT2D eigenvalue weighted by atomic mass is 35.5. The summed E-state index contributed by atoms with van der Waals surface area (Å²) in [5, 5.41) is 0.592. The number of nitrogens with zero attached hydrogens (tertiary/aromatic N) is 2. The van der Waals surface area contributed by atoms with Gasteiger partial charge in [-0.1, -0.05) is 41.4 Å². The summed E-state index contributed by atoms with van der Waals surface area (Å²) in [6, 6.07) is 13.8. The molecule has 6 heteroatoms. The number of hydrogen-bond acceptors (Lipinski definition) is 3. The Morgan fingerprint density at radius 1 is 1.25 bits per heavy atom. The number of carbonyl (C=O) groups is 2. The predicted molar refractivity (Wildman–Crippen MR) is 112 cm³/mol. The van der Waals surface area contributed by atoms with Crippen LogP contribution in [0.25, 0.3) is 0 Å². The van der Waals surface area contributed by atoms with Crippen LogP contribution in [0, 0.1) is 12.8 Å². The first-order valence-corrected chi connectivity index (χ1v) is 11.0. The van der Waals surface area contributed by atoms with Crippen molar-refractivity contribution in [3.05, 3.63) is 64.2 Å². The van der Waals surface area contributed by atoms with Crippen molar-refractivity contribution in [3.63, 3.8) is 0 Å². The summed E-state index contributed by atoms with van der Waals surface area (Å²) in [7, 11) is 0. The molecule has 2 aromatic carbocycles. The van der Waals surface area contributed by atoms with Crippen molar-refractivity contribution in [2.24, 2.45) is 5.92 Å². The van der Waals surface area contributed by atoms with Gasteiger partial charge in [0.1, 0.15) is 0 Å². The molecule has 2 fully saturated rings. The van der Waals surface area contributed by atoms with Crippen LogP contribution >= 0.6 is 23.4 Å². The number of rotatable bonds is 3. The molecule has 2 amide bonds. The second-order valence-corrected chi connectivity index (χ2v) is 9.52. The standard InChI is InChI=1S/C22H21ClN2O2S/c1-14-3-2-4-15(11-14)13-24-19-8-7-17(23)12-18(19)22(21(24)27)25(9-10-28-22)20(26)16-5-6-16/h2-4,7-8,11-12,16H,5-6,9-10,13H2,1H3/t22-/m1/s1. The fourth-order valence-corrected chi connectivity index (χ4v) is 5.94. The van der Waals surface area contributed by atoms with Gasteiger partial charge in [-0.3, -0.25) is 9.59 Å². The molecule has 1 atom stereocenters. The van der Waals surface area contributed by atoms with Crippen LogP contribution in [0.1, 0.15) is 29.5 Å². The van der Waals surface area contributed by atoms with Crippen LogP contribution in [-0.4, -0.2) is 29.0 Å². The van der Waals surface area contributed by atoms with Crippen molar-refractivity contribution in [2.75, 3.05) is 17.2 Å². The molecule has 5 rings (SSSR count). The number of benzene rings is 2. The second kappa shape index (κ2) is 6.53. The van der Waals surface area contributed by atoms with Gasteiger partial charge in [-0.25, -0.2) is 0 Å². The molecule has 2 aromatic rings. The number of hydrogen-bond donors (Lipinski definition) is 0. The molecule has 0 N–H and O–H groups in total. The van der Waals surface area contributed by atoms with E-state index in [-0.39, 0.29) is 17.7 Å². The van der Waals surface area contributed by atoms with E-state index < -0.39 is 4.87 Å². The lowest BCUT2D eigenvalue weighted by atomic mass is 10.1. The molecule has 1 aliphatic carbocycles. The lowest BCUT2D eigenvalue weighted by Crippen LogP contribution is -2.50. The van der Waals surface area contributed by atoms with Crippen molar-refractivity contribution in [3.8, 4) is 0 Å². The van der Waals surface area contributed by atoms with E-state index in [0.717, 1.165) is 41.0 Å². The zero-order chi connectivity index (χ0) is 19.5. The molecule has 0 unspecified atom stereocenters. The van der Waals surface area contributed by atoms with Crippen molar-refractivity contribution in [2.45, 2.75) is 31.2 Å². The van der Waals surface area contributed by atoms with E-state index in [1.165, 1.54) is 0 Å². The van der Waals surface area contributed by atoms with Gasteiger partial charge in [0.2, 0.25) is 5.91 Å². The van der Waals surface area contributed by atoms with Gasteiger partial charge in [-0.2, -0.15) is 0 Å². The number of amides is 2. The Kier molecular flexibility index (Phi) is 4.21. The molecule has 144 valence electrons. The monoisotopic (exact) mass is 412 g/mol. The summed E-state index contributed by atoms with van der Waals surface area (Å²) in [4.78, 5) is 29.5. The van der Waals surface area contributed by atoms with Crippen LogP contribution in [0.2, 0.25) is 5.02 Å². The molecule has 3 aliphatic rings. The van der Waals surface area contributed by atoms with Gasteiger partial charge in [0.15, 0.2) is 4.87 Å². The van der Waals surface area contributed by atoms with Crippen molar-refractivity contribution < 1.29 is 9.59 Å². The van der Waals surface area contributed by atoms with E-state index in [1.54, 1.807) is 11.8 Å². The maximum atomic E-state index is 13.8. The number of fused-ring (bicyclic) bond motifs is 2. The lowest BCUT2D eigenvalue weighted by molar-refractivity contribution is -0.141. The highest BCUT2D eigenvalue weighted by Gasteiger charge is 2.60. The number of thioether (sulfide) groups is 1. The van der Waals surface area contributed by atoms with Gasteiger partial charge in [0.25, 0.3) is 5.91 Å². The smallest absolute Gasteiger partial charge is 0.268 e. The molecule has 1 saturated heterocycles. The van der Waals surface area contributed by atoms with Crippen LogP contribution in [0.15, 0.2) is 42.5 Å². The summed E-state index contributed by atoms with van der Waals surface area (Å²) in [6.07, 6.45) is 1.86. The predicted octanol–water partition coefficient (Wildman–Crippen LogP) is 4.33. The Hall–Kier alpha value is -1.98. The van der Waals surface area contributed by atoms with Crippen molar-refractivity contribution >= 4 is 40.9 Å². The van der Waals surface area contributed by atoms with Gasteiger partial charge < -0.3 is 9.80 Å². The quantitative estimate of drug-likeness (QED) is 0.753. The summed E-state index contributed by atoms with van der Waals surface area (Å²) in [5.41, 5.74) is 3.96. The maximum absolute atomic E-state index is 13.8. The van der Waals surface area contributed by atoms with Crippen molar-refractivity contribution in [1.29, 1.82) is 0 Å². The minimum absolute atomic E-state index is 0.0252.